The van der Waals surface area contributed by atoms with Gasteiger partial charge in [-0.3, -0.25) is 4.79 Å². The van der Waals surface area contributed by atoms with Gasteiger partial charge in [-0.2, -0.15) is 0 Å². The van der Waals surface area contributed by atoms with Crippen LogP contribution in [0.1, 0.15) is 45.1 Å². The first kappa shape index (κ1) is 12.3. The number of thioether (sulfide) groups is 1. The summed E-state index contributed by atoms with van der Waals surface area (Å²) in [7, 11) is 0. The molecule has 0 spiro atoms. The lowest BCUT2D eigenvalue weighted by atomic mass is 9.96. The van der Waals surface area contributed by atoms with E-state index >= 15 is 0 Å². The molecule has 0 aromatic carbocycles. The van der Waals surface area contributed by atoms with Crippen molar-refractivity contribution in [2.45, 2.75) is 55.5 Å². The molecule has 1 fully saturated rings. The molecule has 2 rings (SSSR count). The SMILES string of the molecule is C[C@H](Sc1nnnn1C1CCCCC1)C(=O)O. The molecule has 1 aliphatic rings. The van der Waals surface area contributed by atoms with Crippen LogP contribution < -0.4 is 0 Å². The predicted molar refractivity (Wildman–Crippen MR) is 62.9 cm³/mol. The van der Waals surface area contributed by atoms with E-state index in [1.165, 1.54) is 31.0 Å². The monoisotopic (exact) mass is 256 g/mol. The van der Waals surface area contributed by atoms with Crippen molar-refractivity contribution in [3.8, 4) is 0 Å². The molecule has 1 aromatic heterocycles. The second-order valence-corrected chi connectivity index (χ2v) is 5.60. The number of carbonyl (C=O) groups is 1. The summed E-state index contributed by atoms with van der Waals surface area (Å²) in [5, 5.41) is 20.5. The third-order valence-electron chi connectivity index (χ3n) is 3.01. The van der Waals surface area contributed by atoms with E-state index in [0.29, 0.717) is 11.2 Å². The number of tetrazole rings is 1. The maximum Gasteiger partial charge on any atom is 0.316 e. The van der Waals surface area contributed by atoms with E-state index in [1.807, 2.05) is 0 Å². The zero-order valence-electron chi connectivity index (χ0n) is 9.74. The van der Waals surface area contributed by atoms with Gasteiger partial charge in [-0.25, -0.2) is 4.68 Å². The standard InChI is InChI=1S/C10H16N4O2S/c1-7(9(15)16)17-10-11-12-13-14(10)8-5-3-2-4-6-8/h7-8H,2-6H2,1H3,(H,15,16)/t7-/m0/s1. The van der Waals surface area contributed by atoms with Crippen LogP contribution in [0, 0.1) is 0 Å². The van der Waals surface area contributed by atoms with Gasteiger partial charge in [-0.1, -0.05) is 31.0 Å². The number of hydrogen-bond acceptors (Lipinski definition) is 5. The maximum atomic E-state index is 10.8. The lowest BCUT2D eigenvalue weighted by Crippen LogP contribution is -2.17. The topological polar surface area (TPSA) is 80.9 Å². The lowest BCUT2D eigenvalue weighted by Gasteiger charge is -2.22. The predicted octanol–water partition coefficient (Wildman–Crippen LogP) is 1.74. The van der Waals surface area contributed by atoms with Gasteiger partial charge in [0.2, 0.25) is 5.16 Å². The van der Waals surface area contributed by atoms with Gasteiger partial charge in [0.1, 0.15) is 5.25 Å². The quantitative estimate of drug-likeness (QED) is 0.826. The first-order valence-corrected chi connectivity index (χ1v) is 6.74. The van der Waals surface area contributed by atoms with E-state index in [-0.39, 0.29) is 0 Å². The Morgan fingerprint density at radius 2 is 2.18 bits per heavy atom. The first-order valence-electron chi connectivity index (χ1n) is 5.86. The summed E-state index contributed by atoms with van der Waals surface area (Å²) in [5.41, 5.74) is 0. The molecule has 94 valence electrons. The Bertz CT molecular complexity index is 389. The third-order valence-corrected chi connectivity index (χ3v) is 4.05. The number of carboxylic acids is 1. The Balaban J connectivity index is 2.07. The van der Waals surface area contributed by atoms with Crippen molar-refractivity contribution < 1.29 is 9.90 Å². The summed E-state index contributed by atoms with van der Waals surface area (Å²) in [4.78, 5) is 10.8. The van der Waals surface area contributed by atoms with Crippen molar-refractivity contribution in [3.05, 3.63) is 0 Å². The van der Waals surface area contributed by atoms with E-state index in [2.05, 4.69) is 15.5 Å². The van der Waals surface area contributed by atoms with Gasteiger partial charge >= 0.3 is 5.97 Å². The molecule has 17 heavy (non-hydrogen) atoms. The molecule has 7 heteroatoms. The van der Waals surface area contributed by atoms with Crippen molar-refractivity contribution in [3.63, 3.8) is 0 Å². The molecule has 1 heterocycles. The van der Waals surface area contributed by atoms with E-state index < -0.39 is 11.2 Å². The molecule has 0 unspecified atom stereocenters. The Morgan fingerprint density at radius 3 is 2.82 bits per heavy atom. The number of hydrogen-bond donors (Lipinski definition) is 1. The summed E-state index contributed by atoms with van der Waals surface area (Å²) in [6, 6.07) is 0.335. The number of nitrogens with zero attached hydrogens (tertiary/aromatic N) is 4. The fraction of sp³-hybridized carbons (Fsp3) is 0.800. The molecule has 1 N–H and O–H groups in total. The van der Waals surface area contributed by atoms with Gasteiger partial charge in [0.05, 0.1) is 6.04 Å². The summed E-state index contributed by atoms with van der Waals surface area (Å²) < 4.78 is 1.79. The molecule has 1 atom stereocenters. The van der Waals surface area contributed by atoms with E-state index in [4.69, 9.17) is 5.11 Å². The maximum absolute atomic E-state index is 10.8. The third kappa shape index (κ3) is 2.96. The van der Waals surface area contributed by atoms with Crippen LogP contribution in [-0.4, -0.2) is 36.5 Å². The van der Waals surface area contributed by atoms with E-state index in [9.17, 15) is 4.79 Å². The molecule has 0 radical (unpaired) electrons. The molecule has 1 saturated carbocycles. The number of aliphatic carboxylic acids is 1. The minimum Gasteiger partial charge on any atom is -0.480 e. The average Bonchev–Trinajstić information content (AvgIpc) is 2.78. The second kappa shape index (κ2) is 5.48. The molecular formula is C10H16N4O2S. The van der Waals surface area contributed by atoms with Gasteiger partial charge in [0.25, 0.3) is 0 Å². The lowest BCUT2D eigenvalue weighted by molar-refractivity contribution is -0.136. The molecule has 1 aromatic rings. The fourth-order valence-electron chi connectivity index (χ4n) is 2.03. The molecule has 0 amide bonds. The Morgan fingerprint density at radius 1 is 1.47 bits per heavy atom. The summed E-state index contributed by atoms with van der Waals surface area (Å²) in [6.45, 7) is 1.65. The summed E-state index contributed by atoms with van der Waals surface area (Å²) >= 11 is 1.21. The van der Waals surface area contributed by atoms with Crippen LogP contribution in [0.25, 0.3) is 0 Å². The van der Waals surface area contributed by atoms with E-state index in [0.717, 1.165) is 12.8 Å². The first-order chi connectivity index (χ1) is 8.18. The van der Waals surface area contributed by atoms with Crippen LogP contribution >= 0.6 is 11.8 Å². The summed E-state index contributed by atoms with van der Waals surface area (Å²) in [5.74, 6) is -0.840. The largest absolute Gasteiger partial charge is 0.480 e. The molecule has 0 bridgehead atoms. The Hall–Kier alpha value is -1.11. The van der Waals surface area contributed by atoms with Crippen molar-refractivity contribution in [2.24, 2.45) is 0 Å². The van der Waals surface area contributed by atoms with Gasteiger partial charge < -0.3 is 5.11 Å². The number of rotatable bonds is 4. The minimum absolute atomic E-state index is 0.335. The Labute approximate surface area is 104 Å². The molecule has 0 saturated heterocycles. The minimum atomic E-state index is -0.840. The van der Waals surface area contributed by atoms with Crippen molar-refractivity contribution in [1.29, 1.82) is 0 Å². The van der Waals surface area contributed by atoms with Gasteiger partial charge in [0.15, 0.2) is 0 Å². The normalized spacial score (nSPS) is 19.1. The zero-order chi connectivity index (χ0) is 12.3. The molecule has 0 aliphatic heterocycles. The van der Waals surface area contributed by atoms with Crippen molar-refractivity contribution in [1.82, 2.24) is 20.2 Å². The van der Waals surface area contributed by atoms with Crippen LogP contribution in [0.4, 0.5) is 0 Å². The fourth-order valence-corrected chi connectivity index (χ4v) is 2.82. The van der Waals surface area contributed by atoms with Gasteiger partial charge in [-0.05, 0) is 30.2 Å². The van der Waals surface area contributed by atoms with Gasteiger partial charge in [-0.15, -0.1) is 5.10 Å². The Kier molecular flexibility index (Phi) is 3.98. The smallest absolute Gasteiger partial charge is 0.316 e. The zero-order valence-corrected chi connectivity index (χ0v) is 10.6. The van der Waals surface area contributed by atoms with E-state index in [1.54, 1.807) is 11.6 Å². The second-order valence-electron chi connectivity index (χ2n) is 4.30. The van der Waals surface area contributed by atoms with Crippen molar-refractivity contribution >= 4 is 17.7 Å². The van der Waals surface area contributed by atoms with Crippen LogP contribution in [0.2, 0.25) is 0 Å². The molecule has 1 aliphatic carbocycles. The van der Waals surface area contributed by atoms with Crippen LogP contribution in [-0.2, 0) is 4.79 Å². The highest BCUT2D eigenvalue weighted by Gasteiger charge is 2.23. The highest BCUT2D eigenvalue weighted by Crippen LogP contribution is 2.31. The highest BCUT2D eigenvalue weighted by molar-refractivity contribution is 8.00. The highest BCUT2D eigenvalue weighted by atomic mass is 32.2. The summed E-state index contributed by atoms with van der Waals surface area (Å²) in [6.07, 6.45) is 5.83. The van der Waals surface area contributed by atoms with Crippen LogP contribution in [0.15, 0.2) is 5.16 Å². The van der Waals surface area contributed by atoms with Crippen LogP contribution in [0.3, 0.4) is 0 Å². The van der Waals surface area contributed by atoms with Crippen LogP contribution in [0.5, 0.6) is 0 Å². The average molecular weight is 256 g/mol. The molecular weight excluding hydrogens is 240 g/mol. The molecule has 6 nitrogen and oxygen atoms in total. The number of aromatic nitrogens is 4. The number of carboxylic acid groups (broad SMARTS) is 1. The van der Waals surface area contributed by atoms with Gasteiger partial charge in [0, 0.05) is 0 Å². The van der Waals surface area contributed by atoms with Crippen molar-refractivity contribution in [2.75, 3.05) is 0 Å².